The number of benzene rings is 2. The fourth-order valence-corrected chi connectivity index (χ4v) is 2.25. The Balaban J connectivity index is 1.91. The number of hydrogen-bond donors (Lipinski definition) is 2. The van der Waals surface area contributed by atoms with Crippen LogP contribution in [-0.2, 0) is 6.54 Å². The van der Waals surface area contributed by atoms with E-state index in [0.717, 1.165) is 16.6 Å². The van der Waals surface area contributed by atoms with Crippen LogP contribution in [0.2, 0.25) is 0 Å². The first-order valence-electron chi connectivity index (χ1n) is 6.18. The quantitative estimate of drug-likeness (QED) is 0.704. The van der Waals surface area contributed by atoms with Crippen LogP contribution in [0.5, 0.6) is 0 Å². The van der Waals surface area contributed by atoms with E-state index in [4.69, 9.17) is 5.73 Å². The Bertz CT molecular complexity index is 705. The molecule has 0 saturated carbocycles. The minimum atomic E-state index is -0.640. The molecule has 1 unspecified atom stereocenters. The summed E-state index contributed by atoms with van der Waals surface area (Å²) in [5, 5.41) is 10.3. The maximum absolute atomic E-state index is 10.3. The molecule has 0 fully saturated rings. The predicted octanol–water partition coefficient (Wildman–Crippen LogP) is 2.35. The summed E-state index contributed by atoms with van der Waals surface area (Å²) in [7, 11) is 0. The van der Waals surface area contributed by atoms with Crippen LogP contribution in [0.15, 0.2) is 54.9 Å². The van der Waals surface area contributed by atoms with Gasteiger partial charge in [0.15, 0.2) is 0 Å². The van der Waals surface area contributed by atoms with Crippen LogP contribution in [0.4, 0.5) is 5.69 Å². The number of hydrogen-bond acceptors (Lipinski definition) is 3. The summed E-state index contributed by atoms with van der Waals surface area (Å²) < 4.78 is 1.94. The number of nitrogen functional groups attached to an aromatic ring is 1. The van der Waals surface area contributed by atoms with E-state index >= 15 is 0 Å². The smallest absolute Gasteiger partial charge is 0.0989 e. The minimum absolute atomic E-state index is 0.439. The molecule has 0 aliphatic heterocycles. The number of aliphatic hydroxyl groups excluding tert-OH is 1. The zero-order chi connectivity index (χ0) is 13.2. The molecule has 3 N–H and O–H groups in total. The molecule has 0 amide bonds. The van der Waals surface area contributed by atoms with Gasteiger partial charge in [-0.2, -0.15) is 0 Å². The Morgan fingerprint density at radius 3 is 2.68 bits per heavy atom. The molecule has 1 atom stereocenters. The first-order chi connectivity index (χ1) is 9.25. The zero-order valence-corrected chi connectivity index (χ0v) is 10.4. The van der Waals surface area contributed by atoms with Crippen molar-refractivity contribution in [3.8, 4) is 0 Å². The second-order valence-electron chi connectivity index (χ2n) is 4.53. The third kappa shape index (κ3) is 2.18. The van der Waals surface area contributed by atoms with Crippen molar-refractivity contribution in [3.05, 3.63) is 60.4 Å². The van der Waals surface area contributed by atoms with E-state index in [1.54, 1.807) is 12.4 Å². The van der Waals surface area contributed by atoms with E-state index in [0.29, 0.717) is 12.2 Å². The van der Waals surface area contributed by atoms with Gasteiger partial charge in [-0.1, -0.05) is 30.3 Å². The van der Waals surface area contributed by atoms with Gasteiger partial charge in [0, 0.05) is 11.3 Å². The summed E-state index contributed by atoms with van der Waals surface area (Å²) in [6.07, 6.45) is 1.10. The molecule has 0 aliphatic carbocycles. The first kappa shape index (κ1) is 11.7. The third-order valence-corrected chi connectivity index (χ3v) is 3.25. The largest absolute Gasteiger partial charge is 0.398 e. The van der Waals surface area contributed by atoms with Gasteiger partial charge in [0.05, 0.1) is 30.0 Å². The Kier molecular flexibility index (Phi) is 2.93. The molecule has 4 nitrogen and oxygen atoms in total. The van der Waals surface area contributed by atoms with Gasteiger partial charge in [-0.3, -0.25) is 0 Å². The van der Waals surface area contributed by atoms with Crippen molar-refractivity contribution >= 4 is 16.7 Å². The normalized spacial score (nSPS) is 12.7. The van der Waals surface area contributed by atoms with Crippen LogP contribution in [0.25, 0.3) is 11.0 Å². The molecule has 3 aromatic rings. The summed E-state index contributed by atoms with van der Waals surface area (Å²) in [6, 6.07) is 15.2. The fraction of sp³-hybridized carbons (Fsp3) is 0.133. The van der Waals surface area contributed by atoms with Gasteiger partial charge in [0.2, 0.25) is 0 Å². The maximum Gasteiger partial charge on any atom is 0.0989 e. The van der Waals surface area contributed by atoms with Crippen LogP contribution >= 0.6 is 0 Å². The maximum atomic E-state index is 10.3. The first-order valence-corrected chi connectivity index (χ1v) is 6.18. The molecule has 2 aromatic carbocycles. The second-order valence-corrected chi connectivity index (χ2v) is 4.53. The molecular weight excluding hydrogens is 238 g/mol. The van der Waals surface area contributed by atoms with Crippen molar-refractivity contribution in [2.24, 2.45) is 0 Å². The number of nitrogens with zero attached hydrogens (tertiary/aromatic N) is 2. The molecule has 1 aromatic heterocycles. The lowest BCUT2D eigenvalue weighted by molar-refractivity contribution is 0.158. The topological polar surface area (TPSA) is 64.1 Å². The van der Waals surface area contributed by atoms with Gasteiger partial charge in [-0.05, 0) is 18.2 Å². The number of aliphatic hydroxyl groups is 1. The minimum Gasteiger partial charge on any atom is -0.398 e. The van der Waals surface area contributed by atoms with Crippen LogP contribution in [0, 0.1) is 0 Å². The van der Waals surface area contributed by atoms with E-state index in [1.165, 1.54) is 0 Å². The molecule has 0 aliphatic rings. The van der Waals surface area contributed by atoms with Gasteiger partial charge < -0.3 is 15.4 Å². The van der Waals surface area contributed by atoms with Crippen molar-refractivity contribution in [2.75, 3.05) is 5.73 Å². The number of nitrogens with two attached hydrogens (primary N) is 1. The van der Waals surface area contributed by atoms with Gasteiger partial charge in [-0.15, -0.1) is 0 Å². The lowest BCUT2D eigenvalue weighted by Crippen LogP contribution is -2.09. The molecular formula is C15H15N3O. The SMILES string of the molecule is Nc1ccccc1C(O)Cn1cnc2ccccc21. The Hall–Kier alpha value is -2.33. The number of para-hydroxylation sites is 3. The van der Waals surface area contributed by atoms with E-state index < -0.39 is 6.10 Å². The Morgan fingerprint density at radius 1 is 1.11 bits per heavy atom. The van der Waals surface area contributed by atoms with Crippen LogP contribution in [-0.4, -0.2) is 14.7 Å². The summed E-state index contributed by atoms with van der Waals surface area (Å²) in [5.41, 5.74) is 9.18. The number of fused-ring (bicyclic) bond motifs is 1. The predicted molar refractivity (Wildman–Crippen MR) is 75.5 cm³/mol. The summed E-state index contributed by atoms with van der Waals surface area (Å²) >= 11 is 0. The van der Waals surface area contributed by atoms with Gasteiger partial charge in [0.1, 0.15) is 0 Å². The van der Waals surface area contributed by atoms with Crippen molar-refractivity contribution in [1.82, 2.24) is 9.55 Å². The zero-order valence-electron chi connectivity index (χ0n) is 10.4. The summed E-state index contributed by atoms with van der Waals surface area (Å²) in [6.45, 7) is 0.439. The molecule has 0 bridgehead atoms. The van der Waals surface area contributed by atoms with Crippen molar-refractivity contribution in [3.63, 3.8) is 0 Å². The van der Waals surface area contributed by atoms with Crippen LogP contribution in [0.1, 0.15) is 11.7 Å². The second kappa shape index (κ2) is 4.74. The number of anilines is 1. The molecule has 19 heavy (non-hydrogen) atoms. The van der Waals surface area contributed by atoms with Crippen LogP contribution in [0.3, 0.4) is 0 Å². The highest BCUT2D eigenvalue weighted by Gasteiger charge is 2.12. The van der Waals surface area contributed by atoms with E-state index in [9.17, 15) is 5.11 Å². The molecule has 0 spiro atoms. The molecule has 1 heterocycles. The van der Waals surface area contributed by atoms with Crippen molar-refractivity contribution in [2.45, 2.75) is 12.6 Å². The number of aromatic nitrogens is 2. The van der Waals surface area contributed by atoms with Gasteiger partial charge >= 0.3 is 0 Å². The molecule has 3 rings (SSSR count). The molecule has 0 radical (unpaired) electrons. The highest BCUT2D eigenvalue weighted by molar-refractivity contribution is 5.74. The third-order valence-electron chi connectivity index (χ3n) is 3.25. The number of rotatable bonds is 3. The monoisotopic (exact) mass is 253 g/mol. The van der Waals surface area contributed by atoms with Crippen molar-refractivity contribution in [1.29, 1.82) is 0 Å². The highest BCUT2D eigenvalue weighted by atomic mass is 16.3. The summed E-state index contributed by atoms with van der Waals surface area (Å²) in [5.74, 6) is 0. The van der Waals surface area contributed by atoms with E-state index in [2.05, 4.69) is 4.98 Å². The van der Waals surface area contributed by atoms with Gasteiger partial charge in [-0.25, -0.2) is 4.98 Å². The molecule has 0 saturated heterocycles. The average molecular weight is 253 g/mol. The van der Waals surface area contributed by atoms with E-state index in [1.807, 2.05) is 47.0 Å². The fourth-order valence-electron chi connectivity index (χ4n) is 2.25. The van der Waals surface area contributed by atoms with E-state index in [-0.39, 0.29) is 0 Å². The Labute approximate surface area is 111 Å². The lowest BCUT2D eigenvalue weighted by Gasteiger charge is -2.14. The lowest BCUT2D eigenvalue weighted by atomic mass is 10.1. The number of imidazole rings is 1. The summed E-state index contributed by atoms with van der Waals surface area (Å²) in [4.78, 5) is 4.31. The average Bonchev–Trinajstić information content (AvgIpc) is 2.83. The highest BCUT2D eigenvalue weighted by Crippen LogP contribution is 2.23. The molecule has 96 valence electrons. The van der Waals surface area contributed by atoms with Gasteiger partial charge in [0.25, 0.3) is 0 Å². The standard InChI is InChI=1S/C15H15N3O/c16-12-6-2-1-5-11(12)15(19)9-18-10-17-13-7-3-4-8-14(13)18/h1-8,10,15,19H,9,16H2. The molecule has 4 heteroatoms. The Morgan fingerprint density at radius 2 is 1.84 bits per heavy atom. The van der Waals surface area contributed by atoms with Crippen LogP contribution < -0.4 is 5.73 Å². The van der Waals surface area contributed by atoms with Crippen molar-refractivity contribution < 1.29 is 5.11 Å².